The van der Waals surface area contributed by atoms with E-state index in [0.29, 0.717) is 16.3 Å². The second-order valence-electron chi connectivity index (χ2n) is 6.96. The number of carbonyl (C=O) groups is 2. The molecule has 0 unspecified atom stereocenters. The van der Waals surface area contributed by atoms with Gasteiger partial charge in [0.25, 0.3) is 0 Å². The number of aliphatic hydroxyl groups is 1. The minimum atomic E-state index is -1.25. The van der Waals surface area contributed by atoms with E-state index < -0.39 is 17.3 Å². The maximum Gasteiger partial charge on any atom is 0.237 e. The van der Waals surface area contributed by atoms with Gasteiger partial charge in [-0.3, -0.25) is 9.59 Å². The molecule has 29 heavy (non-hydrogen) atoms. The smallest absolute Gasteiger partial charge is 0.237 e. The molecule has 0 aliphatic carbocycles. The first-order valence-electron chi connectivity index (χ1n) is 9.01. The minimum absolute atomic E-state index is 0.0306. The van der Waals surface area contributed by atoms with Crippen molar-refractivity contribution in [3.63, 3.8) is 0 Å². The zero-order chi connectivity index (χ0) is 20.8. The van der Waals surface area contributed by atoms with Crippen LogP contribution < -0.4 is 15.4 Å². The molecule has 2 aromatic rings. The first-order valence-corrected chi connectivity index (χ1v) is 9.76. The van der Waals surface area contributed by atoms with E-state index in [4.69, 9.17) is 33.0 Å². The third-order valence-corrected chi connectivity index (χ3v) is 5.92. The minimum Gasteiger partial charge on any atom is -0.491 e. The second kappa shape index (κ2) is 7.48. The predicted molar refractivity (Wildman–Crippen MR) is 106 cm³/mol. The van der Waals surface area contributed by atoms with Gasteiger partial charge in [0.1, 0.15) is 17.8 Å². The summed E-state index contributed by atoms with van der Waals surface area (Å²) in [5.41, 5.74) is -0.151. The summed E-state index contributed by atoms with van der Waals surface area (Å²) < 4.78 is 20.7. The molecule has 6 nitrogen and oxygen atoms in total. The van der Waals surface area contributed by atoms with Crippen molar-refractivity contribution in [3.05, 3.63) is 57.3 Å². The summed E-state index contributed by atoms with van der Waals surface area (Å²) >= 11 is 12.1. The number of aliphatic hydroxyl groups excluding tert-OH is 1. The maximum absolute atomic E-state index is 15.2. The van der Waals surface area contributed by atoms with E-state index in [0.717, 1.165) is 0 Å². The third-order valence-electron chi connectivity index (χ3n) is 5.39. The number of ether oxygens (including phenoxy) is 1. The molecular formula is C20H17Cl2FN2O4. The van der Waals surface area contributed by atoms with Crippen LogP contribution in [0.15, 0.2) is 30.3 Å². The van der Waals surface area contributed by atoms with Gasteiger partial charge in [0.05, 0.1) is 23.2 Å². The Kier molecular flexibility index (Phi) is 5.14. The largest absolute Gasteiger partial charge is 0.491 e. The molecule has 1 saturated heterocycles. The fraction of sp³-hybridized carbons (Fsp3) is 0.300. The summed E-state index contributed by atoms with van der Waals surface area (Å²) in [6.07, 6.45) is 0.274. The fourth-order valence-electron chi connectivity index (χ4n) is 4.13. The Labute approximate surface area is 175 Å². The number of hydrogen-bond acceptors (Lipinski definition) is 4. The molecule has 0 aromatic heterocycles. The lowest BCUT2D eigenvalue weighted by Gasteiger charge is -2.41. The van der Waals surface area contributed by atoms with Gasteiger partial charge in [-0.15, -0.1) is 0 Å². The van der Waals surface area contributed by atoms with Crippen LogP contribution >= 0.6 is 23.2 Å². The van der Waals surface area contributed by atoms with Crippen LogP contribution in [0.5, 0.6) is 5.75 Å². The molecule has 4 rings (SSSR count). The average Bonchev–Trinajstić information content (AvgIpc) is 2.96. The lowest BCUT2D eigenvalue weighted by molar-refractivity contribution is -0.130. The van der Waals surface area contributed by atoms with Gasteiger partial charge in [-0.25, -0.2) is 4.39 Å². The molecule has 2 atom stereocenters. The van der Waals surface area contributed by atoms with Crippen molar-refractivity contribution in [2.24, 2.45) is 0 Å². The molecule has 2 aliphatic heterocycles. The van der Waals surface area contributed by atoms with Crippen LogP contribution in [0.25, 0.3) is 0 Å². The van der Waals surface area contributed by atoms with E-state index in [-0.39, 0.29) is 54.2 Å². The number of carbonyl (C=O) groups excluding carboxylic acids is 2. The lowest BCUT2D eigenvalue weighted by Crippen LogP contribution is -2.53. The summed E-state index contributed by atoms with van der Waals surface area (Å²) in [7, 11) is 0. The van der Waals surface area contributed by atoms with Crippen LogP contribution in [-0.4, -0.2) is 30.1 Å². The van der Waals surface area contributed by atoms with Crippen molar-refractivity contribution >= 4 is 40.7 Å². The van der Waals surface area contributed by atoms with E-state index in [9.17, 15) is 9.59 Å². The number of amides is 2. The van der Waals surface area contributed by atoms with Gasteiger partial charge in [0, 0.05) is 17.1 Å². The van der Waals surface area contributed by atoms with Gasteiger partial charge in [-0.2, -0.15) is 0 Å². The molecule has 2 heterocycles. The maximum atomic E-state index is 15.2. The van der Waals surface area contributed by atoms with E-state index >= 15 is 4.39 Å². The molecule has 2 amide bonds. The molecule has 0 radical (unpaired) electrons. The Morgan fingerprint density at radius 1 is 1.24 bits per heavy atom. The highest BCUT2D eigenvalue weighted by Crippen LogP contribution is 2.53. The normalized spacial score (nSPS) is 23.0. The van der Waals surface area contributed by atoms with Crippen LogP contribution in [0, 0.1) is 5.82 Å². The number of fused-ring (bicyclic) bond motifs is 2. The van der Waals surface area contributed by atoms with Gasteiger partial charge < -0.3 is 20.5 Å². The molecule has 152 valence electrons. The zero-order valence-electron chi connectivity index (χ0n) is 15.1. The van der Waals surface area contributed by atoms with Crippen LogP contribution in [0.3, 0.4) is 0 Å². The highest BCUT2D eigenvalue weighted by atomic mass is 35.5. The number of piperidine rings is 1. The van der Waals surface area contributed by atoms with E-state index in [1.165, 1.54) is 12.1 Å². The lowest BCUT2D eigenvalue weighted by atomic mass is 9.67. The van der Waals surface area contributed by atoms with Crippen molar-refractivity contribution in [1.29, 1.82) is 0 Å². The summed E-state index contributed by atoms with van der Waals surface area (Å²) in [6, 6.07) is 6.70. The van der Waals surface area contributed by atoms with Crippen LogP contribution in [0.1, 0.15) is 30.0 Å². The second-order valence-corrected chi connectivity index (χ2v) is 7.80. The van der Waals surface area contributed by atoms with E-state index in [1.807, 2.05) is 0 Å². The molecule has 0 bridgehead atoms. The predicted octanol–water partition coefficient (Wildman–Crippen LogP) is 3.34. The van der Waals surface area contributed by atoms with Gasteiger partial charge >= 0.3 is 0 Å². The molecule has 9 heteroatoms. The van der Waals surface area contributed by atoms with Crippen LogP contribution in [-0.2, 0) is 15.0 Å². The Morgan fingerprint density at radius 3 is 2.79 bits per heavy atom. The Bertz CT molecular complexity index is 1020. The van der Waals surface area contributed by atoms with Crippen LogP contribution in [0.4, 0.5) is 10.1 Å². The van der Waals surface area contributed by atoms with Crippen molar-refractivity contribution in [1.82, 2.24) is 5.32 Å². The standard InChI is InChI=1S/C20H17Cl2FN2O4/c21-10-1-2-11-13(9-10)24-19(28)20(11)6-5-15(27)25-18(20)16-14(29-8-7-26)4-3-12(22)17(16)23/h1-4,9,18,26H,5-8H2,(H,24,28)(H,25,27)/t18-,20+/m0/s1. The summed E-state index contributed by atoms with van der Waals surface area (Å²) in [5.74, 6) is -1.37. The number of hydrogen-bond donors (Lipinski definition) is 3. The molecule has 0 saturated carbocycles. The number of benzene rings is 2. The quantitative estimate of drug-likeness (QED) is 0.682. The molecule has 2 aliphatic rings. The van der Waals surface area contributed by atoms with Gasteiger partial charge in [-0.05, 0) is 36.2 Å². The van der Waals surface area contributed by atoms with Crippen LogP contribution in [0.2, 0.25) is 10.0 Å². The van der Waals surface area contributed by atoms with E-state index in [1.54, 1.807) is 18.2 Å². The number of rotatable bonds is 4. The number of anilines is 1. The van der Waals surface area contributed by atoms with Gasteiger partial charge in [-0.1, -0.05) is 29.3 Å². The highest BCUT2D eigenvalue weighted by Gasteiger charge is 2.56. The number of halogens is 3. The third kappa shape index (κ3) is 3.13. The van der Waals surface area contributed by atoms with Crippen molar-refractivity contribution in [2.45, 2.75) is 24.3 Å². The Hall–Kier alpha value is -2.35. The molecule has 2 aromatic carbocycles. The zero-order valence-corrected chi connectivity index (χ0v) is 16.6. The van der Waals surface area contributed by atoms with Gasteiger partial charge in [0.15, 0.2) is 5.82 Å². The monoisotopic (exact) mass is 438 g/mol. The Balaban J connectivity index is 1.94. The topological polar surface area (TPSA) is 87.7 Å². The van der Waals surface area contributed by atoms with Crippen molar-refractivity contribution in [2.75, 3.05) is 18.5 Å². The summed E-state index contributed by atoms with van der Waals surface area (Å²) in [4.78, 5) is 25.5. The first kappa shape index (κ1) is 19.9. The summed E-state index contributed by atoms with van der Waals surface area (Å²) in [6.45, 7) is -0.367. The molecule has 1 spiro atoms. The Morgan fingerprint density at radius 2 is 2.03 bits per heavy atom. The fourth-order valence-corrected chi connectivity index (χ4v) is 4.47. The summed E-state index contributed by atoms with van der Waals surface area (Å²) in [5, 5.41) is 14.9. The van der Waals surface area contributed by atoms with E-state index in [2.05, 4.69) is 10.6 Å². The molecule has 1 fully saturated rings. The first-order chi connectivity index (χ1) is 13.9. The van der Waals surface area contributed by atoms with Crippen molar-refractivity contribution < 1.29 is 23.8 Å². The molecule has 3 N–H and O–H groups in total. The van der Waals surface area contributed by atoms with Gasteiger partial charge in [0.2, 0.25) is 11.8 Å². The number of nitrogens with one attached hydrogen (secondary N) is 2. The average molecular weight is 439 g/mol. The SMILES string of the molecule is O=C1CC[C@]2(C(=O)Nc3cc(Cl)ccc32)[C@H](c2c(OCCO)ccc(Cl)c2F)N1. The molecular weight excluding hydrogens is 422 g/mol. The highest BCUT2D eigenvalue weighted by molar-refractivity contribution is 6.31. The van der Waals surface area contributed by atoms with Crippen molar-refractivity contribution in [3.8, 4) is 5.75 Å².